The molecule has 0 spiro atoms. The molecule has 0 saturated carbocycles. The Labute approximate surface area is 152 Å². The fraction of sp³-hybridized carbons (Fsp3) is 0.350. The molecule has 0 radical (unpaired) electrons. The minimum absolute atomic E-state index is 0.00458. The summed E-state index contributed by atoms with van der Waals surface area (Å²) in [6.07, 6.45) is -0.205. The maximum Gasteiger partial charge on any atom is 0.335 e. The number of aliphatic hydroxyl groups excluding tert-OH is 2. The van der Waals surface area contributed by atoms with Crippen LogP contribution < -0.4 is 5.32 Å². The van der Waals surface area contributed by atoms with Crippen LogP contribution in [0, 0.1) is 0 Å². The summed E-state index contributed by atoms with van der Waals surface area (Å²) in [5, 5.41) is 41.6. The van der Waals surface area contributed by atoms with Crippen LogP contribution in [0.25, 0.3) is 0 Å². The number of β-amino-alcohol motifs (C(OH)–C–C–N with tert-alkyl or cyclic N) is 1. The molecule has 6 nitrogen and oxygen atoms in total. The van der Waals surface area contributed by atoms with E-state index in [-0.39, 0.29) is 30.0 Å². The minimum Gasteiger partial charge on any atom is -0.508 e. The predicted molar refractivity (Wildman–Crippen MR) is 98.2 cm³/mol. The zero-order chi connectivity index (χ0) is 19.3. The molecule has 2 aromatic rings. The fourth-order valence-electron chi connectivity index (χ4n) is 2.82. The van der Waals surface area contributed by atoms with Gasteiger partial charge in [0, 0.05) is 17.6 Å². The van der Waals surface area contributed by atoms with Crippen LogP contribution in [0.15, 0.2) is 42.5 Å². The quantitative estimate of drug-likeness (QED) is 0.494. The SMILES string of the molecule is CC(C)(Cc1cccc(C(=O)O)c1)NC[C@H](O)c1ccc(O)c(CO)c1. The molecule has 0 aliphatic heterocycles. The van der Waals surface area contributed by atoms with Gasteiger partial charge in [0.15, 0.2) is 0 Å². The van der Waals surface area contributed by atoms with Crippen molar-refractivity contribution in [2.45, 2.75) is 38.5 Å². The minimum atomic E-state index is -0.958. The lowest BCUT2D eigenvalue weighted by molar-refractivity contribution is 0.0696. The number of carboxylic acids is 1. The Bertz CT molecular complexity index is 773. The molecule has 0 saturated heterocycles. The maximum absolute atomic E-state index is 11.1. The highest BCUT2D eigenvalue weighted by molar-refractivity contribution is 5.87. The average molecular weight is 359 g/mol. The molecule has 1 atom stereocenters. The first-order chi connectivity index (χ1) is 12.2. The molecule has 0 fully saturated rings. The number of carboxylic acid groups (broad SMARTS) is 1. The summed E-state index contributed by atoms with van der Waals surface area (Å²) in [6, 6.07) is 11.4. The lowest BCUT2D eigenvalue weighted by Gasteiger charge is -2.28. The fourth-order valence-corrected chi connectivity index (χ4v) is 2.82. The first-order valence-electron chi connectivity index (χ1n) is 8.40. The van der Waals surface area contributed by atoms with Gasteiger partial charge in [0.2, 0.25) is 0 Å². The van der Waals surface area contributed by atoms with E-state index in [9.17, 15) is 20.1 Å². The molecule has 26 heavy (non-hydrogen) atoms. The highest BCUT2D eigenvalue weighted by Crippen LogP contribution is 2.23. The molecular weight excluding hydrogens is 334 g/mol. The van der Waals surface area contributed by atoms with E-state index in [1.165, 1.54) is 6.07 Å². The van der Waals surface area contributed by atoms with Crippen LogP contribution in [0.5, 0.6) is 5.75 Å². The van der Waals surface area contributed by atoms with Gasteiger partial charge >= 0.3 is 5.97 Å². The number of hydrogen-bond donors (Lipinski definition) is 5. The van der Waals surface area contributed by atoms with E-state index in [0.717, 1.165) is 5.56 Å². The second-order valence-electron chi connectivity index (χ2n) is 7.01. The third-order valence-corrected chi connectivity index (χ3v) is 4.25. The van der Waals surface area contributed by atoms with E-state index in [1.54, 1.807) is 30.3 Å². The number of aromatic hydroxyl groups is 1. The van der Waals surface area contributed by atoms with Gasteiger partial charge in [-0.05, 0) is 55.7 Å². The normalized spacial score (nSPS) is 12.8. The van der Waals surface area contributed by atoms with Crippen molar-refractivity contribution in [1.29, 1.82) is 0 Å². The lowest BCUT2D eigenvalue weighted by Crippen LogP contribution is -2.43. The summed E-state index contributed by atoms with van der Waals surface area (Å²) < 4.78 is 0. The summed E-state index contributed by atoms with van der Waals surface area (Å²) in [6.45, 7) is 3.93. The number of aliphatic hydroxyl groups is 2. The van der Waals surface area contributed by atoms with Gasteiger partial charge in [0.1, 0.15) is 5.75 Å². The van der Waals surface area contributed by atoms with Crippen molar-refractivity contribution in [1.82, 2.24) is 5.32 Å². The molecule has 5 N–H and O–H groups in total. The highest BCUT2D eigenvalue weighted by atomic mass is 16.4. The molecule has 0 heterocycles. The molecule has 2 aromatic carbocycles. The van der Waals surface area contributed by atoms with E-state index in [0.29, 0.717) is 17.5 Å². The van der Waals surface area contributed by atoms with E-state index < -0.39 is 12.1 Å². The monoisotopic (exact) mass is 359 g/mol. The van der Waals surface area contributed by atoms with Crippen LogP contribution >= 0.6 is 0 Å². The number of rotatable bonds is 8. The highest BCUT2D eigenvalue weighted by Gasteiger charge is 2.20. The van der Waals surface area contributed by atoms with Gasteiger partial charge in [-0.2, -0.15) is 0 Å². The van der Waals surface area contributed by atoms with Crippen molar-refractivity contribution >= 4 is 5.97 Å². The van der Waals surface area contributed by atoms with E-state index >= 15 is 0 Å². The topological polar surface area (TPSA) is 110 Å². The van der Waals surface area contributed by atoms with Crippen molar-refractivity contribution in [3.05, 3.63) is 64.7 Å². The van der Waals surface area contributed by atoms with Crippen LogP contribution in [0.2, 0.25) is 0 Å². The summed E-state index contributed by atoms with van der Waals surface area (Å²) in [4.78, 5) is 11.1. The second kappa shape index (κ2) is 8.31. The van der Waals surface area contributed by atoms with Gasteiger partial charge in [-0.15, -0.1) is 0 Å². The Hall–Kier alpha value is -2.41. The molecular formula is C20H25NO5. The number of carbonyl (C=O) groups is 1. The lowest BCUT2D eigenvalue weighted by atomic mass is 9.93. The molecule has 2 rings (SSSR count). The molecule has 0 aliphatic carbocycles. The van der Waals surface area contributed by atoms with Crippen molar-refractivity contribution in [3.8, 4) is 5.75 Å². The summed E-state index contributed by atoms with van der Waals surface area (Å²) in [5.41, 5.74) is 1.74. The van der Waals surface area contributed by atoms with Crippen molar-refractivity contribution < 1.29 is 25.2 Å². The molecule has 0 bridgehead atoms. The first-order valence-corrected chi connectivity index (χ1v) is 8.40. The van der Waals surface area contributed by atoms with Gasteiger partial charge < -0.3 is 25.7 Å². The third kappa shape index (κ3) is 5.29. The van der Waals surface area contributed by atoms with Gasteiger partial charge in [-0.25, -0.2) is 4.79 Å². The van der Waals surface area contributed by atoms with Gasteiger partial charge in [0.05, 0.1) is 18.3 Å². The average Bonchev–Trinajstić information content (AvgIpc) is 2.60. The molecule has 140 valence electrons. The Morgan fingerprint density at radius 3 is 2.58 bits per heavy atom. The summed E-state index contributed by atoms with van der Waals surface area (Å²) in [5.74, 6) is -0.963. The zero-order valence-electron chi connectivity index (χ0n) is 14.9. The Morgan fingerprint density at radius 1 is 1.19 bits per heavy atom. The Balaban J connectivity index is 2.00. The van der Waals surface area contributed by atoms with E-state index in [1.807, 2.05) is 19.9 Å². The van der Waals surface area contributed by atoms with Crippen LogP contribution in [0.1, 0.15) is 47.0 Å². The second-order valence-corrected chi connectivity index (χ2v) is 7.01. The van der Waals surface area contributed by atoms with Gasteiger partial charge in [-0.1, -0.05) is 18.2 Å². The number of aromatic carboxylic acids is 1. The van der Waals surface area contributed by atoms with Crippen molar-refractivity contribution in [3.63, 3.8) is 0 Å². The van der Waals surface area contributed by atoms with Crippen molar-refractivity contribution in [2.75, 3.05) is 6.54 Å². The maximum atomic E-state index is 11.1. The van der Waals surface area contributed by atoms with Crippen LogP contribution in [0.3, 0.4) is 0 Å². The van der Waals surface area contributed by atoms with Crippen molar-refractivity contribution in [2.24, 2.45) is 0 Å². The van der Waals surface area contributed by atoms with Crippen LogP contribution in [-0.4, -0.2) is 38.5 Å². The molecule has 0 aromatic heterocycles. The summed E-state index contributed by atoms with van der Waals surface area (Å²) >= 11 is 0. The Kier molecular flexibility index (Phi) is 6.37. The summed E-state index contributed by atoms with van der Waals surface area (Å²) in [7, 11) is 0. The first kappa shape index (κ1) is 19.9. The van der Waals surface area contributed by atoms with E-state index in [2.05, 4.69) is 5.32 Å². The molecule has 0 amide bonds. The number of hydrogen-bond acceptors (Lipinski definition) is 5. The molecule has 0 unspecified atom stereocenters. The zero-order valence-corrected chi connectivity index (χ0v) is 14.9. The third-order valence-electron chi connectivity index (χ3n) is 4.25. The standard InChI is InChI=1S/C20H25NO5/c1-20(2,10-13-4-3-5-15(8-13)19(25)26)21-11-18(24)14-6-7-17(23)16(9-14)12-22/h3-9,18,21-24H,10-12H2,1-2H3,(H,25,26)/t18-/m0/s1. The molecule has 6 heteroatoms. The van der Waals surface area contributed by atoms with E-state index in [4.69, 9.17) is 5.11 Å². The number of phenols is 1. The number of benzene rings is 2. The van der Waals surface area contributed by atoms with Crippen LogP contribution in [0.4, 0.5) is 0 Å². The predicted octanol–water partition coefficient (Wildman–Crippen LogP) is 2.23. The van der Waals surface area contributed by atoms with Gasteiger partial charge in [0.25, 0.3) is 0 Å². The van der Waals surface area contributed by atoms with Crippen LogP contribution in [-0.2, 0) is 13.0 Å². The van der Waals surface area contributed by atoms with Gasteiger partial charge in [-0.3, -0.25) is 0 Å². The number of nitrogens with one attached hydrogen (secondary N) is 1. The smallest absolute Gasteiger partial charge is 0.335 e. The largest absolute Gasteiger partial charge is 0.508 e. The molecule has 0 aliphatic rings. The Morgan fingerprint density at radius 2 is 1.92 bits per heavy atom.